The fraction of sp³-hybridized carbons (Fsp3) is 0.300. The van der Waals surface area contributed by atoms with Gasteiger partial charge in [-0.3, -0.25) is 4.79 Å². The van der Waals surface area contributed by atoms with E-state index in [1.165, 1.54) is 10.3 Å². The molecule has 2 aromatic carbocycles. The molecule has 0 radical (unpaired) electrons. The maximum atomic E-state index is 12.1. The second-order valence-corrected chi connectivity index (χ2v) is 6.01. The summed E-state index contributed by atoms with van der Waals surface area (Å²) < 4.78 is 1.60. The zero-order chi connectivity index (χ0) is 16.9. The monoisotopic (exact) mass is 322 g/mol. The summed E-state index contributed by atoms with van der Waals surface area (Å²) in [7, 11) is 0. The Labute approximate surface area is 142 Å². The predicted octanol–water partition coefficient (Wildman–Crippen LogP) is 1.99. The van der Waals surface area contributed by atoms with Gasteiger partial charge in [0.25, 0.3) is 5.56 Å². The molecule has 0 bridgehead atoms. The van der Waals surface area contributed by atoms with E-state index < -0.39 is 0 Å². The van der Waals surface area contributed by atoms with E-state index in [0.29, 0.717) is 6.54 Å². The van der Waals surface area contributed by atoms with E-state index in [-0.39, 0.29) is 5.56 Å². The number of rotatable bonds is 6. The SMILES string of the molecule is CC[NH+](CC)CCn1nc(-c2cccc3ccccc23)ccc1=O. The van der Waals surface area contributed by atoms with Crippen LogP contribution in [-0.2, 0) is 6.54 Å². The van der Waals surface area contributed by atoms with Gasteiger partial charge in [0.05, 0.1) is 31.9 Å². The average molecular weight is 322 g/mol. The average Bonchev–Trinajstić information content (AvgIpc) is 2.63. The number of benzene rings is 2. The highest BCUT2D eigenvalue weighted by atomic mass is 16.1. The molecule has 4 heteroatoms. The third-order valence-corrected chi connectivity index (χ3v) is 4.61. The Morgan fingerprint density at radius 1 is 0.958 bits per heavy atom. The number of likely N-dealkylation sites (N-methyl/N-ethyl adjacent to an activating group) is 1. The maximum Gasteiger partial charge on any atom is 0.266 e. The van der Waals surface area contributed by atoms with Crippen LogP contribution in [-0.4, -0.2) is 29.4 Å². The number of quaternary nitrogens is 1. The van der Waals surface area contributed by atoms with Crippen molar-refractivity contribution >= 4 is 10.8 Å². The fourth-order valence-electron chi connectivity index (χ4n) is 3.07. The summed E-state index contributed by atoms with van der Waals surface area (Å²) in [5.41, 5.74) is 1.88. The molecule has 0 spiro atoms. The lowest BCUT2D eigenvalue weighted by Gasteiger charge is -2.16. The summed E-state index contributed by atoms with van der Waals surface area (Å²) in [6.45, 7) is 8.03. The smallest absolute Gasteiger partial charge is 0.266 e. The normalized spacial score (nSPS) is 11.3. The Hall–Kier alpha value is -2.46. The molecule has 124 valence electrons. The second-order valence-electron chi connectivity index (χ2n) is 6.01. The molecule has 0 fully saturated rings. The fourth-order valence-corrected chi connectivity index (χ4v) is 3.07. The Bertz CT molecular complexity index is 876. The van der Waals surface area contributed by atoms with Crippen molar-refractivity contribution in [2.24, 2.45) is 0 Å². The van der Waals surface area contributed by atoms with E-state index in [0.717, 1.165) is 36.3 Å². The van der Waals surface area contributed by atoms with E-state index in [1.54, 1.807) is 10.7 Å². The molecule has 0 atom stereocenters. The van der Waals surface area contributed by atoms with Crippen molar-refractivity contribution in [1.82, 2.24) is 9.78 Å². The number of nitrogens with zero attached hydrogens (tertiary/aromatic N) is 2. The first-order chi connectivity index (χ1) is 11.7. The topological polar surface area (TPSA) is 39.3 Å². The highest BCUT2D eigenvalue weighted by Gasteiger charge is 2.09. The summed E-state index contributed by atoms with van der Waals surface area (Å²) in [6.07, 6.45) is 0. The molecular weight excluding hydrogens is 298 g/mol. The maximum absolute atomic E-state index is 12.1. The van der Waals surface area contributed by atoms with Gasteiger partial charge in [0.1, 0.15) is 0 Å². The number of nitrogens with one attached hydrogen (secondary N) is 1. The van der Waals surface area contributed by atoms with Crippen molar-refractivity contribution in [2.45, 2.75) is 20.4 Å². The van der Waals surface area contributed by atoms with Crippen molar-refractivity contribution in [1.29, 1.82) is 0 Å². The van der Waals surface area contributed by atoms with Crippen LogP contribution in [0, 0.1) is 0 Å². The molecular formula is C20H24N3O+. The molecule has 3 aromatic rings. The molecule has 24 heavy (non-hydrogen) atoms. The van der Waals surface area contributed by atoms with Gasteiger partial charge in [-0.2, -0.15) is 5.10 Å². The van der Waals surface area contributed by atoms with E-state index in [1.807, 2.05) is 24.3 Å². The molecule has 4 nitrogen and oxygen atoms in total. The highest BCUT2D eigenvalue weighted by molar-refractivity contribution is 5.95. The minimum atomic E-state index is -0.0365. The van der Waals surface area contributed by atoms with Gasteiger partial charge in [-0.1, -0.05) is 42.5 Å². The lowest BCUT2D eigenvalue weighted by atomic mass is 10.0. The number of fused-ring (bicyclic) bond motifs is 1. The Kier molecular flexibility index (Phi) is 5.06. The largest absolute Gasteiger partial charge is 0.334 e. The van der Waals surface area contributed by atoms with Gasteiger partial charge in [-0.05, 0) is 30.7 Å². The van der Waals surface area contributed by atoms with Gasteiger partial charge >= 0.3 is 0 Å². The van der Waals surface area contributed by atoms with Crippen molar-refractivity contribution in [3.8, 4) is 11.3 Å². The molecule has 0 aliphatic heterocycles. The quantitative estimate of drug-likeness (QED) is 0.754. The van der Waals surface area contributed by atoms with Crippen LogP contribution >= 0.6 is 0 Å². The molecule has 0 unspecified atom stereocenters. The van der Waals surface area contributed by atoms with Crippen molar-refractivity contribution in [2.75, 3.05) is 19.6 Å². The summed E-state index contributed by atoms with van der Waals surface area (Å²) in [4.78, 5) is 13.6. The van der Waals surface area contributed by atoms with E-state index in [2.05, 4.69) is 43.2 Å². The van der Waals surface area contributed by atoms with Gasteiger partial charge in [-0.25, -0.2) is 4.68 Å². The van der Waals surface area contributed by atoms with E-state index in [4.69, 9.17) is 0 Å². The zero-order valence-electron chi connectivity index (χ0n) is 14.3. The van der Waals surface area contributed by atoms with Crippen LogP contribution in [0.25, 0.3) is 22.0 Å². The van der Waals surface area contributed by atoms with Crippen molar-refractivity contribution in [3.63, 3.8) is 0 Å². The minimum absolute atomic E-state index is 0.0365. The van der Waals surface area contributed by atoms with Crippen LogP contribution < -0.4 is 10.5 Å². The van der Waals surface area contributed by atoms with Crippen LogP contribution in [0.3, 0.4) is 0 Å². The third kappa shape index (κ3) is 3.39. The number of hydrogen-bond acceptors (Lipinski definition) is 2. The van der Waals surface area contributed by atoms with Crippen molar-refractivity contribution < 1.29 is 4.90 Å². The Morgan fingerprint density at radius 3 is 2.50 bits per heavy atom. The Morgan fingerprint density at radius 2 is 1.71 bits per heavy atom. The molecule has 3 rings (SSSR count). The molecule has 0 aliphatic rings. The summed E-state index contributed by atoms with van der Waals surface area (Å²) in [5.74, 6) is 0. The van der Waals surface area contributed by atoms with Gasteiger partial charge in [-0.15, -0.1) is 0 Å². The molecule has 0 aliphatic carbocycles. The summed E-state index contributed by atoms with van der Waals surface area (Å²) in [6, 6.07) is 17.9. The van der Waals surface area contributed by atoms with Crippen LogP contribution in [0.2, 0.25) is 0 Å². The molecule has 0 saturated heterocycles. The molecule has 1 N–H and O–H groups in total. The second kappa shape index (κ2) is 7.41. The van der Waals surface area contributed by atoms with Gasteiger partial charge in [0.15, 0.2) is 0 Å². The van der Waals surface area contributed by atoms with Gasteiger partial charge in [0, 0.05) is 11.6 Å². The van der Waals surface area contributed by atoms with Gasteiger partial charge < -0.3 is 4.90 Å². The molecule has 0 saturated carbocycles. The first-order valence-corrected chi connectivity index (χ1v) is 8.62. The first-order valence-electron chi connectivity index (χ1n) is 8.62. The summed E-state index contributed by atoms with van der Waals surface area (Å²) in [5, 5.41) is 6.97. The molecule has 0 amide bonds. The molecule has 1 heterocycles. The van der Waals surface area contributed by atoms with E-state index in [9.17, 15) is 4.79 Å². The Balaban J connectivity index is 1.97. The van der Waals surface area contributed by atoms with Crippen molar-refractivity contribution in [3.05, 3.63) is 65.0 Å². The third-order valence-electron chi connectivity index (χ3n) is 4.61. The standard InChI is InChI=1S/C20H23N3O/c1-3-22(4-2)14-15-23-20(24)13-12-19(21-23)18-11-7-9-16-8-5-6-10-17(16)18/h5-13H,3-4,14-15H2,1-2H3/p+1. The van der Waals surface area contributed by atoms with Crippen LogP contribution in [0.15, 0.2) is 59.4 Å². The molecule has 1 aromatic heterocycles. The predicted molar refractivity (Wildman–Crippen MR) is 98.4 cm³/mol. The number of hydrogen-bond donors (Lipinski definition) is 1. The zero-order valence-corrected chi connectivity index (χ0v) is 14.3. The highest BCUT2D eigenvalue weighted by Crippen LogP contribution is 2.26. The lowest BCUT2D eigenvalue weighted by Crippen LogP contribution is -3.11. The van der Waals surface area contributed by atoms with Crippen LogP contribution in [0.4, 0.5) is 0 Å². The summed E-state index contributed by atoms with van der Waals surface area (Å²) >= 11 is 0. The minimum Gasteiger partial charge on any atom is -0.334 e. The van der Waals surface area contributed by atoms with Crippen LogP contribution in [0.5, 0.6) is 0 Å². The van der Waals surface area contributed by atoms with Crippen LogP contribution in [0.1, 0.15) is 13.8 Å². The number of aromatic nitrogens is 2. The lowest BCUT2D eigenvalue weighted by molar-refractivity contribution is -0.897. The van der Waals surface area contributed by atoms with E-state index >= 15 is 0 Å². The first kappa shape index (κ1) is 16.4. The van der Waals surface area contributed by atoms with Gasteiger partial charge in [0.2, 0.25) is 0 Å².